The van der Waals surface area contributed by atoms with Crippen LogP contribution in [0.4, 0.5) is 0 Å². The van der Waals surface area contributed by atoms with E-state index < -0.39 is 10.0 Å². The van der Waals surface area contributed by atoms with Gasteiger partial charge in [-0.25, -0.2) is 8.42 Å². The molecule has 0 aromatic heterocycles. The highest BCUT2D eigenvalue weighted by Gasteiger charge is 2.26. The van der Waals surface area contributed by atoms with E-state index in [1.54, 1.807) is 24.3 Å². The molecule has 8 heteroatoms. The molecule has 0 saturated carbocycles. The molecule has 158 valence electrons. The second kappa shape index (κ2) is 11.4. The number of rotatable bonds is 11. The van der Waals surface area contributed by atoms with E-state index in [0.29, 0.717) is 32.0 Å². The number of nitrogens with zero attached hydrogens (tertiary/aromatic N) is 2. The van der Waals surface area contributed by atoms with Gasteiger partial charge >= 0.3 is 0 Å². The molecule has 1 fully saturated rings. The van der Waals surface area contributed by atoms with Crippen LogP contribution in [0.2, 0.25) is 0 Å². The Hall–Kier alpha value is -1.64. The molecule has 1 N–H and O–H groups in total. The molecule has 2 rings (SSSR count). The average molecular weight is 412 g/mol. The number of hydrogen-bond donors (Lipinski definition) is 1. The standard InChI is InChI=1S/C20H33N3O4S/c1-3-5-6-14-23(15-11-20(24)22-16-12-21-13-17-22)28(25,26)19-9-7-18(8-10-19)27-4-2/h7-10,21H,3-6,11-17H2,1-2H3. The molecule has 0 radical (unpaired) electrons. The lowest BCUT2D eigenvalue weighted by atomic mass is 10.2. The van der Waals surface area contributed by atoms with Crippen LogP contribution in [0.3, 0.4) is 0 Å². The lowest BCUT2D eigenvalue weighted by molar-refractivity contribution is -0.131. The van der Waals surface area contributed by atoms with Gasteiger partial charge in [0.05, 0.1) is 11.5 Å². The highest BCUT2D eigenvalue weighted by Crippen LogP contribution is 2.21. The molecule has 28 heavy (non-hydrogen) atoms. The molecule has 0 atom stereocenters. The van der Waals surface area contributed by atoms with Crippen LogP contribution < -0.4 is 10.1 Å². The highest BCUT2D eigenvalue weighted by atomic mass is 32.2. The first-order valence-corrected chi connectivity index (χ1v) is 11.6. The van der Waals surface area contributed by atoms with Crippen molar-refractivity contribution in [1.29, 1.82) is 0 Å². The Morgan fingerprint density at radius 1 is 1.11 bits per heavy atom. The van der Waals surface area contributed by atoms with Gasteiger partial charge in [0, 0.05) is 45.7 Å². The summed E-state index contributed by atoms with van der Waals surface area (Å²) in [4.78, 5) is 14.5. The van der Waals surface area contributed by atoms with Gasteiger partial charge in [-0.3, -0.25) is 4.79 Å². The minimum atomic E-state index is -3.64. The van der Waals surface area contributed by atoms with Gasteiger partial charge in [-0.15, -0.1) is 0 Å². The fourth-order valence-corrected chi connectivity index (χ4v) is 4.69. The molecule has 1 saturated heterocycles. The van der Waals surface area contributed by atoms with Crippen molar-refractivity contribution in [3.8, 4) is 5.75 Å². The van der Waals surface area contributed by atoms with Crippen molar-refractivity contribution >= 4 is 15.9 Å². The van der Waals surface area contributed by atoms with Crippen molar-refractivity contribution in [3.63, 3.8) is 0 Å². The van der Waals surface area contributed by atoms with Crippen LogP contribution >= 0.6 is 0 Å². The SMILES string of the molecule is CCCCCN(CCC(=O)N1CCNCC1)S(=O)(=O)c1ccc(OCC)cc1. The van der Waals surface area contributed by atoms with Crippen LogP contribution in [0.25, 0.3) is 0 Å². The lowest BCUT2D eigenvalue weighted by Gasteiger charge is -2.29. The summed E-state index contributed by atoms with van der Waals surface area (Å²) in [6.45, 7) is 8.08. The number of sulfonamides is 1. The predicted molar refractivity (Wildman–Crippen MR) is 110 cm³/mol. The summed E-state index contributed by atoms with van der Waals surface area (Å²) in [5.74, 6) is 0.664. The largest absolute Gasteiger partial charge is 0.494 e. The third-order valence-electron chi connectivity index (χ3n) is 4.83. The van der Waals surface area contributed by atoms with Crippen molar-refractivity contribution in [2.45, 2.75) is 44.4 Å². The van der Waals surface area contributed by atoms with Gasteiger partial charge in [-0.1, -0.05) is 19.8 Å². The number of unbranched alkanes of at least 4 members (excludes halogenated alkanes) is 2. The van der Waals surface area contributed by atoms with Crippen molar-refractivity contribution in [3.05, 3.63) is 24.3 Å². The first-order valence-electron chi connectivity index (χ1n) is 10.2. The zero-order valence-corrected chi connectivity index (χ0v) is 17.8. The Morgan fingerprint density at radius 2 is 1.79 bits per heavy atom. The maximum absolute atomic E-state index is 13.1. The number of nitrogens with one attached hydrogen (secondary N) is 1. The van der Waals surface area contributed by atoms with Gasteiger partial charge in [0.15, 0.2) is 0 Å². The predicted octanol–water partition coefficient (Wildman–Crippen LogP) is 2.09. The Morgan fingerprint density at radius 3 is 2.39 bits per heavy atom. The molecule has 0 unspecified atom stereocenters. The fraction of sp³-hybridized carbons (Fsp3) is 0.650. The number of piperazine rings is 1. The van der Waals surface area contributed by atoms with Crippen molar-refractivity contribution < 1.29 is 17.9 Å². The van der Waals surface area contributed by atoms with Gasteiger partial charge in [0.1, 0.15) is 5.75 Å². The third kappa shape index (κ3) is 6.46. The van der Waals surface area contributed by atoms with Crippen molar-refractivity contribution in [1.82, 2.24) is 14.5 Å². The minimum absolute atomic E-state index is 0.0175. The molecule has 1 aliphatic heterocycles. The molecule has 1 heterocycles. The molecule has 1 aliphatic rings. The molecule has 1 aromatic rings. The molecule has 1 aromatic carbocycles. The van der Waals surface area contributed by atoms with Gasteiger partial charge in [0.2, 0.25) is 15.9 Å². The van der Waals surface area contributed by atoms with E-state index in [2.05, 4.69) is 12.2 Å². The van der Waals surface area contributed by atoms with Crippen LogP contribution in [-0.4, -0.2) is 69.4 Å². The Balaban J connectivity index is 2.07. The van der Waals surface area contributed by atoms with Gasteiger partial charge in [-0.05, 0) is 37.6 Å². The summed E-state index contributed by atoms with van der Waals surface area (Å²) < 4.78 is 33.1. The lowest BCUT2D eigenvalue weighted by Crippen LogP contribution is -2.47. The Bertz CT molecular complexity index is 701. The van der Waals surface area contributed by atoms with E-state index >= 15 is 0 Å². The monoisotopic (exact) mass is 411 g/mol. The summed E-state index contributed by atoms with van der Waals surface area (Å²) >= 11 is 0. The molecule has 0 aliphatic carbocycles. The minimum Gasteiger partial charge on any atom is -0.494 e. The van der Waals surface area contributed by atoms with Crippen molar-refractivity contribution in [2.24, 2.45) is 0 Å². The highest BCUT2D eigenvalue weighted by molar-refractivity contribution is 7.89. The number of hydrogen-bond acceptors (Lipinski definition) is 5. The van der Waals surface area contributed by atoms with Crippen molar-refractivity contribution in [2.75, 3.05) is 45.9 Å². The van der Waals surface area contributed by atoms with E-state index in [-0.39, 0.29) is 23.8 Å². The first-order chi connectivity index (χ1) is 13.5. The normalized spacial score (nSPS) is 15.0. The Labute approximate surface area is 169 Å². The topological polar surface area (TPSA) is 79.0 Å². The summed E-state index contributed by atoms with van der Waals surface area (Å²) in [5, 5.41) is 3.22. The number of carbonyl (C=O) groups excluding carboxylic acids is 1. The number of carbonyl (C=O) groups is 1. The van der Waals surface area contributed by atoms with E-state index in [9.17, 15) is 13.2 Å². The molecule has 0 bridgehead atoms. The van der Waals surface area contributed by atoms with Gasteiger partial charge in [-0.2, -0.15) is 4.31 Å². The summed E-state index contributed by atoms with van der Waals surface area (Å²) in [6.07, 6.45) is 2.97. The third-order valence-corrected chi connectivity index (χ3v) is 6.74. The van der Waals surface area contributed by atoms with Crippen LogP contribution in [0.1, 0.15) is 39.5 Å². The van der Waals surface area contributed by atoms with Gasteiger partial charge < -0.3 is 15.0 Å². The van der Waals surface area contributed by atoms with Crippen LogP contribution in [0.15, 0.2) is 29.2 Å². The van der Waals surface area contributed by atoms with Gasteiger partial charge in [0.25, 0.3) is 0 Å². The molecular formula is C20H33N3O4S. The first kappa shape index (κ1) is 22.6. The smallest absolute Gasteiger partial charge is 0.243 e. The van der Waals surface area contributed by atoms with E-state index in [1.807, 2.05) is 11.8 Å². The average Bonchev–Trinajstić information content (AvgIpc) is 2.71. The summed E-state index contributed by atoms with van der Waals surface area (Å²) in [5.41, 5.74) is 0. The van der Waals surface area contributed by atoms with Crippen LogP contribution in [0, 0.1) is 0 Å². The second-order valence-electron chi connectivity index (χ2n) is 6.90. The molecule has 0 spiro atoms. The zero-order valence-electron chi connectivity index (χ0n) is 17.0. The fourth-order valence-electron chi connectivity index (χ4n) is 3.21. The van der Waals surface area contributed by atoms with E-state index in [0.717, 1.165) is 32.4 Å². The number of benzene rings is 1. The maximum atomic E-state index is 13.1. The van der Waals surface area contributed by atoms with E-state index in [4.69, 9.17) is 4.74 Å². The maximum Gasteiger partial charge on any atom is 0.243 e. The summed E-state index contributed by atoms with van der Waals surface area (Å²) in [7, 11) is -3.64. The molecule has 7 nitrogen and oxygen atoms in total. The molecular weight excluding hydrogens is 378 g/mol. The molecule has 1 amide bonds. The zero-order chi connectivity index (χ0) is 20.4. The van der Waals surface area contributed by atoms with Crippen LogP contribution in [0.5, 0.6) is 5.75 Å². The number of ether oxygens (including phenoxy) is 1. The summed E-state index contributed by atoms with van der Waals surface area (Å²) in [6, 6.07) is 6.50. The van der Waals surface area contributed by atoms with Crippen LogP contribution in [-0.2, 0) is 14.8 Å². The van der Waals surface area contributed by atoms with E-state index in [1.165, 1.54) is 4.31 Å². The number of amides is 1. The second-order valence-corrected chi connectivity index (χ2v) is 8.83. The Kier molecular flexibility index (Phi) is 9.21. The quantitative estimate of drug-likeness (QED) is 0.564.